The number of fused-ring (bicyclic) bond motifs is 1. The van der Waals surface area contributed by atoms with Crippen molar-refractivity contribution in [2.45, 2.75) is 19.4 Å². The molecule has 0 aliphatic rings. The van der Waals surface area contributed by atoms with E-state index in [-0.39, 0.29) is 5.54 Å². The van der Waals surface area contributed by atoms with Crippen molar-refractivity contribution >= 4 is 34.7 Å². The fraction of sp³-hybridized carbons (Fsp3) is 0.250. The van der Waals surface area contributed by atoms with Crippen LogP contribution in [0.3, 0.4) is 0 Å². The van der Waals surface area contributed by atoms with Gasteiger partial charge in [-0.1, -0.05) is 0 Å². The van der Waals surface area contributed by atoms with Crippen molar-refractivity contribution in [2.24, 2.45) is 0 Å². The van der Waals surface area contributed by atoms with E-state index < -0.39 is 0 Å². The monoisotopic (exact) mass is 276 g/mol. The molecule has 0 aliphatic heterocycles. The molecule has 0 aliphatic carbocycles. The largest absolute Gasteiger partial charge is 0.329 e. The number of H-pyrrole nitrogens is 1. The van der Waals surface area contributed by atoms with Crippen LogP contribution in [0.4, 0.5) is 0 Å². The molecule has 0 spiro atoms. The average Bonchev–Trinajstić information content (AvgIpc) is 2.94. The summed E-state index contributed by atoms with van der Waals surface area (Å²) in [4.78, 5) is 12.0. The normalized spacial score (nSPS) is 12.1. The Hall–Kier alpha value is -1.53. The lowest BCUT2D eigenvalue weighted by Crippen LogP contribution is -2.27. The highest BCUT2D eigenvalue weighted by Gasteiger charge is 2.28. The Morgan fingerprint density at radius 1 is 1.33 bits per heavy atom. The number of pyridine rings is 1. The summed E-state index contributed by atoms with van der Waals surface area (Å²) < 4.78 is 2.69. The van der Waals surface area contributed by atoms with Crippen LogP contribution in [0.2, 0.25) is 0 Å². The molecule has 4 nitrogen and oxygen atoms in total. The summed E-state index contributed by atoms with van der Waals surface area (Å²) in [7, 11) is 0. The van der Waals surface area contributed by atoms with Crippen LogP contribution in [-0.2, 0) is 5.54 Å². The molecule has 1 N–H and O–H groups in total. The first-order chi connectivity index (χ1) is 8.60. The molecule has 18 heavy (non-hydrogen) atoms. The van der Waals surface area contributed by atoms with Crippen molar-refractivity contribution in [3.8, 4) is 0 Å². The maximum atomic E-state index is 5.42. The first-order valence-electron chi connectivity index (χ1n) is 5.57. The lowest BCUT2D eigenvalue weighted by molar-refractivity contribution is 0.438. The second kappa shape index (κ2) is 4.00. The van der Waals surface area contributed by atoms with Gasteiger partial charge < -0.3 is 4.98 Å². The second-order valence-corrected chi connectivity index (χ2v) is 5.82. The molecule has 3 aromatic heterocycles. The SMILES string of the molecule is CC(C)(c1nccs1)n1c(=S)[nH]c2cccnc21. The van der Waals surface area contributed by atoms with E-state index in [1.54, 1.807) is 17.5 Å². The molecule has 0 radical (unpaired) electrons. The molecule has 3 rings (SSSR count). The third-order valence-electron chi connectivity index (χ3n) is 2.96. The summed E-state index contributed by atoms with van der Waals surface area (Å²) in [6.45, 7) is 4.20. The predicted molar refractivity (Wildman–Crippen MR) is 75.5 cm³/mol. The zero-order valence-electron chi connectivity index (χ0n) is 10.0. The summed E-state index contributed by atoms with van der Waals surface area (Å²) >= 11 is 7.04. The fourth-order valence-electron chi connectivity index (χ4n) is 2.08. The van der Waals surface area contributed by atoms with E-state index in [9.17, 15) is 0 Å². The van der Waals surface area contributed by atoms with Crippen LogP contribution >= 0.6 is 23.6 Å². The van der Waals surface area contributed by atoms with Gasteiger partial charge in [0.15, 0.2) is 10.4 Å². The highest BCUT2D eigenvalue weighted by atomic mass is 32.1. The predicted octanol–water partition coefficient (Wildman–Crippen LogP) is 3.33. The van der Waals surface area contributed by atoms with Gasteiger partial charge in [0.2, 0.25) is 0 Å². The number of aromatic amines is 1. The molecule has 0 aromatic carbocycles. The Bertz CT molecular complexity index is 737. The molecular formula is C12H12N4S2. The van der Waals surface area contributed by atoms with E-state index in [4.69, 9.17) is 12.2 Å². The molecule has 0 unspecified atom stereocenters. The Balaban J connectivity index is 2.32. The number of aromatic nitrogens is 4. The smallest absolute Gasteiger partial charge is 0.180 e. The van der Waals surface area contributed by atoms with Crippen molar-refractivity contribution in [1.82, 2.24) is 19.5 Å². The quantitative estimate of drug-likeness (QED) is 0.730. The molecule has 0 atom stereocenters. The van der Waals surface area contributed by atoms with Gasteiger partial charge in [0.1, 0.15) is 5.01 Å². The van der Waals surface area contributed by atoms with Crippen molar-refractivity contribution in [2.75, 3.05) is 0 Å². The topological polar surface area (TPSA) is 46.5 Å². The van der Waals surface area contributed by atoms with E-state index in [0.717, 1.165) is 16.2 Å². The second-order valence-electron chi connectivity index (χ2n) is 4.54. The molecule has 0 amide bonds. The summed E-state index contributed by atoms with van der Waals surface area (Å²) in [5.41, 5.74) is 1.51. The minimum absolute atomic E-state index is 0.308. The Morgan fingerprint density at radius 2 is 2.17 bits per heavy atom. The highest BCUT2D eigenvalue weighted by molar-refractivity contribution is 7.71. The summed E-state index contributed by atoms with van der Waals surface area (Å²) in [5, 5.41) is 2.99. The van der Waals surface area contributed by atoms with Crippen molar-refractivity contribution in [1.29, 1.82) is 0 Å². The van der Waals surface area contributed by atoms with Gasteiger partial charge in [0.05, 0.1) is 11.1 Å². The van der Waals surface area contributed by atoms with Crippen LogP contribution in [-0.4, -0.2) is 19.5 Å². The minimum Gasteiger partial charge on any atom is -0.329 e. The average molecular weight is 276 g/mol. The number of hydrogen-bond acceptors (Lipinski definition) is 4. The van der Waals surface area contributed by atoms with Gasteiger partial charge in [-0.2, -0.15) is 0 Å². The van der Waals surface area contributed by atoms with Crippen LogP contribution in [0.5, 0.6) is 0 Å². The molecule has 92 valence electrons. The van der Waals surface area contributed by atoms with Crippen LogP contribution < -0.4 is 0 Å². The number of thiazole rings is 1. The first-order valence-corrected chi connectivity index (χ1v) is 6.85. The molecule has 3 heterocycles. The van der Waals surface area contributed by atoms with Gasteiger partial charge in [-0.25, -0.2) is 9.97 Å². The van der Waals surface area contributed by atoms with Gasteiger partial charge in [0.25, 0.3) is 0 Å². The van der Waals surface area contributed by atoms with Gasteiger partial charge in [-0.15, -0.1) is 11.3 Å². The first kappa shape index (κ1) is 11.6. The van der Waals surface area contributed by atoms with Crippen LogP contribution in [0.15, 0.2) is 29.9 Å². The van der Waals surface area contributed by atoms with Crippen molar-refractivity contribution in [3.63, 3.8) is 0 Å². The summed E-state index contributed by atoms with van der Waals surface area (Å²) in [5.74, 6) is 0. The lowest BCUT2D eigenvalue weighted by Gasteiger charge is -2.24. The standard InChI is InChI=1S/C12H12N4S2/c1-12(2,10-14-6-7-18-10)16-9-8(15-11(16)17)4-3-5-13-9/h3-7H,1-2H3,(H,15,17). The van der Waals surface area contributed by atoms with Gasteiger partial charge in [0, 0.05) is 17.8 Å². The molecular weight excluding hydrogens is 264 g/mol. The van der Waals surface area contributed by atoms with Crippen LogP contribution in [0, 0.1) is 4.77 Å². The number of rotatable bonds is 2. The van der Waals surface area contributed by atoms with E-state index in [1.807, 2.05) is 28.3 Å². The van der Waals surface area contributed by atoms with Gasteiger partial charge in [-0.3, -0.25) is 4.57 Å². The Labute approximate surface area is 113 Å². The number of nitrogens with zero attached hydrogens (tertiary/aromatic N) is 3. The molecule has 6 heteroatoms. The molecule has 3 aromatic rings. The molecule has 0 saturated carbocycles. The highest BCUT2D eigenvalue weighted by Crippen LogP contribution is 2.30. The zero-order valence-corrected chi connectivity index (χ0v) is 11.7. The number of imidazole rings is 1. The van der Waals surface area contributed by atoms with Crippen molar-refractivity contribution < 1.29 is 0 Å². The molecule has 0 fully saturated rings. The van der Waals surface area contributed by atoms with E-state index in [0.29, 0.717) is 4.77 Å². The van der Waals surface area contributed by atoms with E-state index >= 15 is 0 Å². The Kier molecular flexibility index (Phi) is 2.57. The van der Waals surface area contributed by atoms with Gasteiger partial charge >= 0.3 is 0 Å². The third kappa shape index (κ3) is 1.60. The van der Waals surface area contributed by atoms with Crippen LogP contribution in [0.25, 0.3) is 11.2 Å². The zero-order chi connectivity index (χ0) is 12.8. The summed E-state index contributed by atoms with van der Waals surface area (Å²) in [6, 6.07) is 3.88. The number of nitrogens with one attached hydrogen (secondary N) is 1. The van der Waals surface area contributed by atoms with Gasteiger partial charge in [-0.05, 0) is 38.2 Å². The molecule has 0 saturated heterocycles. The third-order valence-corrected chi connectivity index (χ3v) is 4.33. The molecule has 0 bridgehead atoms. The number of hydrogen-bond donors (Lipinski definition) is 1. The van der Waals surface area contributed by atoms with Crippen LogP contribution in [0.1, 0.15) is 18.9 Å². The minimum atomic E-state index is -0.308. The maximum absolute atomic E-state index is 5.42. The Morgan fingerprint density at radius 3 is 2.89 bits per heavy atom. The van der Waals surface area contributed by atoms with Crippen molar-refractivity contribution in [3.05, 3.63) is 39.7 Å². The fourth-order valence-corrected chi connectivity index (χ4v) is 3.26. The lowest BCUT2D eigenvalue weighted by atomic mass is 10.1. The maximum Gasteiger partial charge on any atom is 0.180 e. The van der Waals surface area contributed by atoms with E-state index in [1.165, 1.54) is 0 Å². The summed E-state index contributed by atoms with van der Waals surface area (Å²) in [6.07, 6.45) is 3.59. The van der Waals surface area contributed by atoms with E-state index in [2.05, 4.69) is 28.8 Å².